The van der Waals surface area contributed by atoms with E-state index in [-0.39, 0.29) is 0 Å². The Labute approximate surface area is 101 Å². The third-order valence-corrected chi connectivity index (χ3v) is 8.68. The molecule has 0 amide bonds. The maximum absolute atomic E-state index is 11.1. The molecule has 3 heteroatoms. The average molecular weight is 242 g/mol. The van der Waals surface area contributed by atoms with E-state index in [1.54, 1.807) is 0 Å². The summed E-state index contributed by atoms with van der Waals surface area (Å²) in [5, 5.41) is 0.290. The number of carbonyl (C=O) groups is 1. The SMILES string of the molecule is CC(C)(C)[Si](C)(C)OCCC1CCC(=O)C1. The molecular weight excluding hydrogens is 216 g/mol. The van der Waals surface area contributed by atoms with Crippen molar-refractivity contribution >= 4 is 14.1 Å². The van der Waals surface area contributed by atoms with E-state index in [1.807, 2.05) is 0 Å². The van der Waals surface area contributed by atoms with Crippen LogP contribution in [0.4, 0.5) is 0 Å². The van der Waals surface area contributed by atoms with Gasteiger partial charge in [-0.3, -0.25) is 4.79 Å². The van der Waals surface area contributed by atoms with E-state index in [0.29, 0.717) is 16.7 Å². The summed E-state index contributed by atoms with van der Waals surface area (Å²) in [6.07, 6.45) is 3.74. The zero-order valence-corrected chi connectivity index (χ0v) is 12.4. The Hall–Kier alpha value is -0.153. The fourth-order valence-corrected chi connectivity index (χ4v) is 2.90. The van der Waals surface area contributed by atoms with Crippen LogP contribution >= 0.6 is 0 Å². The summed E-state index contributed by atoms with van der Waals surface area (Å²) in [5.74, 6) is 1.04. The normalized spacial score (nSPS) is 22.8. The molecule has 1 atom stereocenters. The fourth-order valence-electron chi connectivity index (χ4n) is 1.83. The Bertz CT molecular complexity index is 253. The van der Waals surface area contributed by atoms with Gasteiger partial charge in [0, 0.05) is 19.4 Å². The van der Waals surface area contributed by atoms with Crippen LogP contribution in [0, 0.1) is 5.92 Å². The first kappa shape index (κ1) is 13.9. The number of rotatable bonds is 4. The number of ketones is 1. The summed E-state index contributed by atoms with van der Waals surface area (Å²) in [6, 6.07) is 0. The molecule has 16 heavy (non-hydrogen) atoms. The molecule has 0 saturated heterocycles. The first-order valence-electron chi connectivity index (χ1n) is 6.38. The third-order valence-electron chi connectivity index (χ3n) is 4.14. The standard InChI is InChI=1S/C13H26O2Si/c1-13(2,3)16(4,5)15-9-8-11-6-7-12(14)10-11/h11H,6-10H2,1-5H3. The third kappa shape index (κ3) is 3.70. The average Bonchev–Trinajstić information content (AvgIpc) is 2.49. The number of hydrogen-bond donors (Lipinski definition) is 0. The van der Waals surface area contributed by atoms with Gasteiger partial charge in [0.25, 0.3) is 0 Å². The lowest BCUT2D eigenvalue weighted by molar-refractivity contribution is -0.117. The highest BCUT2D eigenvalue weighted by Crippen LogP contribution is 2.37. The van der Waals surface area contributed by atoms with Crippen molar-refractivity contribution < 1.29 is 9.22 Å². The summed E-state index contributed by atoms with van der Waals surface area (Å²) in [7, 11) is -1.58. The minimum absolute atomic E-state index is 0.290. The van der Waals surface area contributed by atoms with Crippen LogP contribution in [0.25, 0.3) is 0 Å². The number of carbonyl (C=O) groups excluding carboxylic acids is 1. The van der Waals surface area contributed by atoms with Crippen molar-refractivity contribution in [3.63, 3.8) is 0 Å². The second-order valence-corrected chi connectivity index (χ2v) is 11.4. The topological polar surface area (TPSA) is 26.3 Å². The van der Waals surface area contributed by atoms with Gasteiger partial charge in [-0.25, -0.2) is 0 Å². The minimum atomic E-state index is -1.58. The summed E-state index contributed by atoms with van der Waals surface area (Å²) in [4.78, 5) is 11.1. The van der Waals surface area contributed by atoms with Crippen LogP contribution < -0.4 is 0 Å². The van der Waals surface area contributed by atoms with Gasteiger partial charge >= 0.3 is 0 Å². The van der Waals surface area contributed by atoms with Crippen LogP contribution in [0.5, 0.6) is 0 Å². The zero-order valence-electron chi connectivity index (χ0n) is 11.4. The minimum Gasteiger partial charge on any atom is -0.417 e. The van der Waals surface area contributed by atoms with Gasteiger partial charge in [-0.1, -0.05) is 20.8 Å². The smallest absolute Gasteiger partial charge is 0.191 e. The summed E-state index contributed by atoms with van der Waals surface area (Å²) in [6.45, 7) is 12.2. The number of hydrogen-bond acceptors (Lipinski definition) is 2. The van der Waals surface area contributed by atoms with Crippen LogP contribution in [0.3, 0.4) is 0 Å². The Kier molecular flexibility index (Phi) is 4.35. The van der Waals surface area contributed by atoms with Crippen molar-refractivity contribution in [2.45, 2.75) is 64.6 Å². The molecule has 0 aliphatic heterocycles. The lowest BCUT2D eigenvalue weighted by Gasteiger charge is -2.36. The van der Waals surface area contributed by atoms with Crippen molar-refractivity contribution in [1.82, 2.24) is 0 Å². The first-order chi connectivity index (χ1) is 7.22. The molecule has 0 aromatic carbocycles. The van der Waals surface area contributed by atoms with Gasteiger partial charge in [-0.15, -0.1) is 0 Å². The van der Waals surface area contributed by atoms with E-state index < -0.39 is 8.32 Å². The Morgan fingerprint density at radius 2 is 2.00 bits per heavy atom. The molecule has 0 radical (unpaired) electrons. The van der Waals surface area contributed by atoms with Crippen molar-refractivity contribution in [3.8, 4) is 0 Å². The van der Waals surface area contributed by atoms with Gasteiger partial charge < -0.3 is 4.43 Å². The zero-order chi connectivity index (χ0) is 12.4. The molecular formula is C13H26O2Si. The highest BCUT2D eigenvalue weighted by atomic mass is 28.4. The second-order valence-electron chi connectivity index (χ2n) is 6.54. The Morgan fingerprint density at radius 3 is 2.44 bits per heavy atom. The summed E-state index contributed by atoms with van der Waals surface area (Å²) < 4.78 is 6.12. The van der Waals surface area contributed by atoms with E-state index in [9.17, 15) is 4.79 Å². The van der Waals surface area contributed by atoms with E-state index in [0.717, 1.165) is 32.3 Å². The largest absolute Gasteiger partial charge is 0.417 e. The fraction of sp³-hybridized carbons (Fsp3) is 0.923. The summed E-state index contributed by atoms with van der Waals surface area (Å²) >= 11 is 0. The van der Waals surface area contributed by atoms with Crippen LogP contribution in [-0.4, -0.2) is 20.7 Å². The predicted octanol–water partition coefficient (Wildman–Crippen LogP) is 3.77. The quantitative estimate of drug-likeness (QED) is 0.702. The van der Waals surface area contributed by atoms with Gasteiger partial charge in [-0.2, -0.15) is 0 Å². The molecule has 0 aromatic rings. The van der Waals surface area contributed by atoms with Gasteiger partial charge in [0.1, 0.15) is 5.78 Å². The predicted molar refractivity (Wildman–Crippen MR) is 70.1 cm³/mol. The van der Waals surface area contributed by atoms with Gasteiger partial charge in [-0.05, 0) is 36.9 Å². The molecule has 1 unspecified atom stereocenters. The van der Waals surface area contributed by atoms with E-state index >= 15 is 0 Å². The van der Waals surface area contributed by atoms with Gasteiger partial charge in [0.05, 0.1) is 0 Å². The van der Waals surface area contributed by atoms with Crippen LogP contribution in [0.15, 0.2) is 0 Å². The van der Waals surface area contributed by atoms with E-state index in [4.69, 9.17) is 4.43 Å². The van der Waals surface area contributed by atoms with Crippen LogP contribution in [-0.2, 0) is 9.22 Å². The van der Waals surface area contributed by atoms with Crippen LogP contribution in [0.1, 0.15) is 46.5 Å². The molecule has 1 fully saturated rings. The maximum Gasteiger partial charge on any atom is 0.191 e. The highest BCUT2D eigenvalue weighted by Gasteiger charge is 2.37. The Balaban J connectivity index is 2.27. The van der Waals surface area contributed by atoms with Crippen molar-refractivity contribution in [2.24, 2.45) is 5.92 Å². The van der Waals surface area contributed by atoms with Gasteiger partial charge in [0.2, 0.25) is 0 Å². The molecule has 1 aliphatic rings. The van der Waals surface area contributed by atoms with E-state index in [1.165, 1.54) is 0 Å². The molecule has 0 aromatic heterocycles. The second kappa shape index (κ2) is 5.01. The van der Waals surface area contributed by atoms with Crippen molar-refractivity contribution in [1.29, 1.82) is 0 Å². The lowest BCUT2D eigenvalue weighted by atomic mass is 10.1. The first-order valence-corrected chi connectivity index (χ1v) is 9.29. The van der Waals surface area contributed by atoms with Gasteiger partial charge in [0.15, 0.2) is 8.32 Å². The monoisotopic (exact) mass is 242 g/mol. The molecule has 0 spiro atoms. The van der Waals surface area contributed by atoms with Crippen LogP contribution in [0.2, 0.25) is 18.1 Å². The molecule has 0 heterocycles. The molecule has 1 saturated carbocycles. The number of Topliss-reactive ketones (excluding diaryl/α,β-unsaturated/α-hetero) is 1. The van der Waals surface area contributed by atoms with Crippen molar-refractivity contribution in [3.05, 3.63) is 0 Å². The van der Waals surface area contributed by atoms with E-state index in [2.05, 4.69) is 33.9 Å². The highest BCUT2D eigenvalue weighted by molar-refractivity contribution is 6.74. The molecule has 1 aliphatic carbocycles. The lowest BCUT2D eigenvalue weighted by Crippen LogP contribution is -2.41. The molecule has 94 valence electrons. The molecule has 2 nitrogen and oxygen atoms in total. The maximum atomic E-state index is 11.1. The molecule has 0 bridgehead atoms. The molecule has 0 N–H and O–H groups in total. The summed E-state index contributed by atoms with van der Waals surface area (Å²) in [5.41, 5.74) is 0. The van der Waals surface area contributed by atoms with Crippen molar-refractivity contribution in [2.75, 3.05) is 6.61 Å². The Morgan fingerprint density at radius 1 is 1.38 bits per heavy atom. The molecule has 1 rings (SSSR count).